The average molecular weight is 367 g/mol. The fraction of sp³-hybridized carbons (Fsp3) is 0.538. The van der Waals surface area contributed by atoms with Gasteiger partial charge in [-0.1, -0.05) is 27.8 Å². The van der Waals surface area contributed by atoms with Crippen LogP contribution in [0, 0.1) is 0 Å². The maximum absolute atomic E-state index is 5.68. The van der Waals surface area contributed by atoms with Gasteiger partial charge in [-0.15, -0.1) is 11.6 Å². The highest BCUT2D eigenvalue weighted by molar-refractivity contribution is 14.2. The summed E-state index contributed by atoms with van der Waals surface area (Å²) in [6, 6.07) is 6.93. The number of fused-ring (bicyclic) bond motifs is 1. The highest BCUT2D eigenvalue weighted by Gasteiger charge is 2.25. The molecule has 0 aromatic heterocycles. The number of hydrogen-bond donors (Lipinski definition) is 0. The quantitative estimate of drug-likeness (QED) is 0.360. The van der Waals surface area contributed by atoms with Gasteiger partial charge in [-0.25, -0.2) is 0 Å². The molecule has 0 heterocycles. The van der Waals surface area contributed by atoms with Crippen molar-refractivity contribution in [2.45, 2.75) is 42.9 Å². The first-order chi connectivity index (χ1) is 7.85. The van der Waals surface area contributed by atoms with E-state index >= 15 is 0 Å². The highest BCUT2D eigenvalue weighted by atomic mass is 127. The normalized spacial score (nSPS) is 18.0. The lowest BCUT2D eigenvalue weighted by atomic mass is 9.75. The van der Waals surface area contributed by atoms with Crippen LogP contribution >= 0.6 is 41.7 Å². The SMILES string of the molecule is ClCCCCCC1Cc2cc(SI)ccc21. The predicted molar refractivity (Wildman–Crippen MR) is 82.0 cm³/mol. The van der Waals surface area contributed by atoms with Crippen LogP contribution in [-0.4, -0.2) is 5.88 Å². The summed E-state index contributed by atoms with van der Waals surface area (Å²) in [5.74, 6) is 1.65. The highest BCUT2D eigenvalue weighted by Crippen LogP contribution is 2.41. The average Bonchev–Trinajstić information content (AvgIpc) is 2.29. The number of alkyl halides is 1. The Morgan fingerprint density at radius 1 is 1.31 bits per heavy atom. The molecule has 1 aliphatic carbocycles. The molecule has 0 spiro atoms. The van der Waals surface area contributed by atoms with Crippen molar-refractivity contribution in [2.24, 2.45) is 0 Å². The molecular weight excluding hydrogens is 351 g/mol. The Balaban J connectivity index is 1.83. The lowest BCUT2D eigenvalue weighted by Crippen LogP contribution is -2.16. The fourth-order valence-corrected chi connectivity index (χ4v) is 3.69. The van der Waals surface area contributed by atoms with Crippen LogP contribution in [0.25, 0.3) is 0 Å². The standard InChI is InChI=1S/C13H16ClIS/c14-7-3-1-2-4-10-8-11-9-12(16-15)5-6-13(10)11/h5-6,9-10H,1-4,7-8H2. The maximum atomic E-state index is 5.68. The van der Waals surface area contributed by atoms with Crippen molar-refractivity contribution >= 4 is 41.7 Å². The van der Waals surface area contributed by atoms with Crippen LogP contribution in [0.15, 0.2) is 23.1 Å². The minimum absolute atomic E-state index is 0.817. The first-order valence-corrected chi connectivity index (χ1v) is 9.72. The Morgan fingerprint density at radius 3 is 2.88 bits per heavy atom. The lowest BCUT2D eigenvalue weighted by molar-refractivity contribution is 0.519. The van der Waals surface area contributed by atoms with E-state index in [0.29, 0.717) is 0 Å². The van der Waals surface area contributed by atoms with Crippen molar-refractivity contribution in [1.82, 2.24) is 0 Å². The van der Waals surface area contributed by atoms with E-state index < -0.39 is 0 Å². The summed E-state index contributed by atoms with van der Waals surface area (Å²) < 4.78 is 0. The molecule has 0 amide bonds. The second-order valence-electron chi connectivity index (χ2n) is 4.38. The van der Waals surface area contributed by atoms with E-state index in [1.807, 2.05) is 0 Å². The number of hydrogen-bond acceptors (Lipinski definition) is 1. The van der Waals surface area contributed by atoms with Gasteiger partial charge in [0.1, 0.15) is 0 Å². The molecule has 0 aliphatic heterocycles. The molecule has 16 heavy (non-hydrogen) atoms. The lowest BCUT2D eigenvalue weighted by Gasteiger charge is -2.30. The first kappa shape index (κ1) is 13.0. The summed E-state index contributed by atoms with van der Waals surface area (Å²) in [6.07, 6.45) is 6.43. The number of halogens is 2. The number of unbranched alkanes of at least 4 members (excludes halogenated alkanes) is 2. The monoisotopic (exact) mass is 366 g/mol. The smallest absolute Gasteiger partial charge is 0.0223 e. The third kappa shape index (κ3) is 3.08. The van der Waals surface area contributed by atoms with E-state index in [2.05, 4.69) is 39.4 Å². The minimum Gasteiger partial charge on any atom is -0.127 e. The molecule has 2 rings (SSSR count). The van der Waals surface area contributed by atoms with Gasteiger partial charge in [0.05, 0.1) is 0 Å². The van der Waals surface area contributed by atoms with E-state index in [1.165, 1.54) is 37.0 Å². The van der Waals surface area contributed by atoms with E-state index in [1.54, 1.807) is 20.1 Å². The van der Waals surface area contributed by atoms with Crippen LogP contribution in [0.3, 0.4) is 0 Å². The van der Waals surface area contributed by atoms with Crippen LogP contribution in [0.2, 0.25) is 0 Å². The molecule has 0 radical (unpaired) electrons. The fourth-order valence-electron chi connectivity index (χ4n) is 2.37. The maximum Gasteiger partial charge on any atom is 0.0223 e. The summed E-state index contributed by atoms with van der Waals surface area (Å²) >= 11 is 8.02. The van der Waals surface area contributed by atoms with E-state index in [-0.39, 0.29) is 0 Å². The molecule has 0 N–H and O–H groups in total. The molecule has 1 atom stereocenters. The van der Waals surface area contributed by atoms with Crippen molar-refractivity contribution < 1.29 is 0 Å². The zero-order valence-electron chi connectivity index (χ0n) is 9.22. The van der Waals surface area contributed by atoms with Crippen molar-refractivity contribution in [3.63, 3.8) is 0 Å². The topological polar surface area (TPSA) is 0 Å². The van der Waals surface area contributed by atoms with Crippen LogP contribution in [0.5, 0.6) is 0 Å². The van der Waals surface area contributed by atoms with E-state index in [9.17, 15) is 0 Å². The molecule has 1 aromatic rings. The first-order valence-electron chi connectivity index (χ1n) is 5.82. The number of benzene rings is 1. The Morgan fingerprint density at radius 2 is 2.19 bits per heavy atom. The van der Waals surface area contributed by atoms with Gasteiger partial charge in [-0.2, -0.15) is 0 Å². The number of rotatable bonds is 6. The molecule has 0 nitrogen and oxygen atoms in total. The molecule has 0 bridgehead atoms. The Kier molecular flexibility index (Phi) is 5.30. The summed E-state index contributed by atoms with van der Waals surface area (Å²) in [5.41, 5.74) is 3.17. The van der Waals surface area contributed by atoms with Gasteiger partial charge >= 0.3 is 0 Å². The molecule has 3 heteroatoms. The molecule has 1 aliphatic rings. The van der Waals surface area contributed by atoms with Crippen molar-refractivity contribution in [1.29, 1.82) is 0 Å². The zero-order chi connectivity index (χ0) is 11.4. The second kappa shape index (κ2) is 6.50. The molecule has 1 unspecified atom stereocenters. The predicted octanol–water partition coefficient (Wildman–Crippen LogP) is 5.57. The van der Waals surface area contributed by atoms with Gasteiger partial charge in [0.25, 0.3) is 0 Å². The van der Waals surface area contributed by atoms with E-state index in [0.717, 1.165) is 11.8 Å². The second-order valence-corrected chi connectivity index (χ2v) is 6.70. The third-order valence-corrected chi connectivity index (χ3v) is 5.52. The summed E-state index contributed by atoms with van der Waals surface area (Å²) in [6.45, 7) is 0. The minimum atomic E-state index is 0.817. The molecule has 0 saturated carbocycles. The zero-order valence-corrected chi connectivity index (χ0v) is 12.9. The van der Waals surface area contributed by atoms with Crippen molar-refractivity contribution in [2.75, 3.05) is 5.88 Å². The van der Waals surface area contributed by atoms with Crippen LogP contribution in [-0.2, 0) is 6.42 Å². The summed E-state index contributed by atoms with van der Waals surface area (Å²) in [5, 5.41) is 0. The Labute approximate surface area is 119 Å². The van der Waals surface area contributed by atoms with Crippen molar-refractivity contribution in [3.8, 4) is 0 Å². The Hall–Kier alpha value is 0.590. The van der Waals surface area contributed by atoms with E-state index in [4.69, 9.17) is 11.6 Å². The van der Waals surface area contributed by atoms with Gasteiger partial charge in [0.2, 0.25) is 0 Å². The largest absolute Gasteiger partial charge is 0.127 e. The summed E-state index contributed by atoms with van der Waals surface area (Å²) in [7, 11) is 1.81. The van der Waals surface area contributed by atoms with Crippen LogP contribution < -0.4 is 0 Å². The van der Waals surface area contributed by atoms with Gasteiger partial charge in [-0.05, 0) is 48.4 Å². The van der Waals surface area contributed by atoms with Gasteiger partial charge in [0.15, 0.2) is 0 Å². The molecule has 0 fully saturated rings. The van der Waals surface area contributed by atoms with Gasteiger partial charge in [0, 0.05) is 32.0 Å². The van der Waals surface area contributed by atoms with Gasteiger partial charge in [-0.3, -0.25) is 0 Å². The third-order valence-electron chi connectivity index (χ3n) is 3.30. The van der Waals surface area contributed by atoms with Crippen LogP contribution in [0.4, 0.5) is 0 Å². The molecule has 0 saturated heterocycles. The summed E-state index contributed by atoms with van der Waals surface area (Å²) in [4.78, 5) is 1.39. The molecule has 88 valence electrons. The van der Waals surface area contributed by atoms with Crippen molar-refractivity contribution in [3.05, 3.63) is 29.3 Å². The van der Waals surface area contributed by atoms with Gasteiger partial charge < -0.3 is 0 Å². The van der Waals surface area contributed by atoms with Crippen LogP contribution in [0.1, 0.15) is 42.7 Å². The molecular formula is C13H16ClIS. The molecule has 1 aromatic carbocycles. The Bertz CT molecular complexity index is 354.